The van der Waals surface area contributed by atoms with Gasteiger partial charge < -0.3 is 0 Å². The molecule has 1 saturated carbocycles. The van der Waals surface area contributed by atoms with E-state index in [1.54, 1.807) is 0 Å². The van der Waals surface area contributed by atoms with Gasteiger partial charge in [0.05, 0.1) is 0 Å². The second-order valence-corrected chi connectivity index (χ2v) is 8.68. The molecule has 0 aromatic heterocycles. The Labute approximate surface area is 161 Å². The maximum Gasteiger partial charge on any atom is 0.0406 e. The van der Waals surface area contributed by atoms with Crippen LogP contribution in [0.25, 0.3) is 0 Å². The lowest BCUT2D eigenvalue weighted by atomic mass is 9.77. The highest BCUT2D eigenvalue weighted by Crippen LogP contribution is 2.38. The topological polar surface area (TPSA) is 0 Å². The van der Waals surface area contributed by atoms with E-state index in [1.807, 2.05) is 12.1 Å². The van der Waals surface area contributed by atoms with E-state index in [0.717, 1.165) is 16.9 Å². The van der Waals surface area contributed by atoms with Crippen LogP contribution in [0.15, 0.2) is 24.3 Å². The first-order chi connectivity index (χ1) is 12.3. The molecule has 1 aromatic carbocycles. The number of rotatable bonds is 12. The quantitative estimate of drug-likeness (QED) is 0.325. The average Bonchev–Trinajstić information content (AvgIpc) is 2.64. The summed E-state index contributed by atoms with van der Waals surface area (Å²) in [6.07, 6.45) is 21.6. The van der Waals surface area contributed by atoms with Gasteiger partial charge in [-0.3, -0.25) is 0 Å². The second kappa shape index (κ2) is 12.8. The van der Waals surface area contributed by atoms with E-state index >= 15 is 0 Å². The highest BCUT2D eigenvalue weighted by Gasteiger charge is 2.21. The number of hydrogen-bond donors (Lipinski definition) is 0. The Hall–Kier alpha value is -0.490. The first-order valence-electron chi connectivity index (χ1n) is 11.0. The van der Waals surface area contributed by atoms with E-state index in [0.29, 0.717) is 0 Å². The Bertz CT molecular complexity index is 428. The molecule has 0 radical (unpaired) electrons. The zero-order valence-electron chi connectivity index (χ0n) is 16.4. The van der Waals surface area contributed by atoms with E-state index < -0.39 is 0 Å². The molecule has 0 spiro atoms. The molecule has 1 aromatic rings. The van der Waals surface area contributed by atoms with Crippen molar-refractivity contribution in [2.45, 2.75) is 109 Å². The number of unbranched alkanes of at least 4 members (excludes halogenated alkanes) is 9. The van der Waals surface area contributed by atoms with E-state index in [4.69, 9.17) is 11.6 Å². The van der Waals surface area contributed by atoms with Gasteiger partial charge in [0.15, 0.2) is 0 Å². The minimum absolute atomic E-state index is 0.779. The van der Waals surface area contributed by atoms with E-state index in [-0.39, 0.29) is 0 Å². The summed E-state index contributed by atoms with van der Waals surface area (Å²) in [5, 5.41) is 0.860. The molecule has 142 valence electrons. The van der Waals surface area contributed by atoms with E-state index in [9.17, 15) is 0 Å². The van der Waals surface area contributed by atoms with Gasteiger partial charge in [-0.25, -0.2) is 0 Å². The summed E-state index contributed by atoms with van der Waals surface area (Å²) in [6.45, 7) is 2.30. The van der Waals surface area contributed by atoms with Gasteiger partial charge in [-0.2, -0.15) is 0 Å². The van der Waals surface area contributed by atoms with Gasteiger partial charge in [0.2, 0.25) is 0 Å². The lowest BCUT2D eigenvalue weighted by molar-refractivity contribution is 0.301. The average molecular weight is 363 g/mol. The molecule has 0 unspecified atom stereocenters. The first kappa shape index (κ1) is 20.8. The molecular formula is C24H39Cl. The van der Waals surface area contributed by atoms with Gasteiger partial charge in [0.25, 0.3) is 0 Å². The van der Waals surface area contributed by atoms with Crippen molar-refractivity contribution in [3.05, 3.63) is 34.9 Å². The number of halogens is 1. The molecule has 1 aliphatic carbocycles. The predicted octanol–water partition coefficient (Wildman–Crippen LogP) is 8.92. The van der Waals surface area contributed by atoms with Crippen LogP contribution in [-0.2, 0) is 0 Å². The van der Waals surface area contributed by atoms with Crippen molar-refractivity contribution in [2.75, 3.05) is 0 Å². The second-order valence-electron chi connectivity index (χ2n) is 8.24. The molecule has 1 fully saturated rings. The van der Waals surface area contributed by atoms with Gasteiger partial charge in [0, 0.05) is 5.02 Å². The Balaban J connectivity index is 1.45. The summed E-state index contributed by atoms with van der Waals surface area (Å²) in [4.78, 5) is 0. The van der Waals surface area contributed by atoms with Crippen molar-refractivity contribution < 1.29 is 0 Å². The molecule has 0 N–H and O–H groups in total. The lowest BCUT2D eigenvalue weighted by Gasteiger charge is -2.29. The zero-order chi connectivity index (χ0) is 17.7. The molecule has 0 atom stereocenters. The van der Waals surface area contributed by atoms with Crippen LogP contribution in [0.5, 0.6) is 0 Å². The molecule has 0 nitrogen and oxygen atoms in total. The van der Waals surface area contributed by atoms with Crippen LogP contribution in [0.4, 0.5) is 0 Å². The highest BCUT2D eigenvalue weighted by molar-refractivity contribution is 6.30. The summed E-state index contributed by atoms with van der Waals surface area (Å²) in [6, 6.07) is 8.56. The fourth-order valence-electron chi connectivity index (χ4n) is 4.44. The maximum absolute atomic E-state index is 6.00. The Morgan fingerprint density at radius 1 is 0.720 bits per heavy atom. The van der Waals surface area contributed by atoms with Crippen molar-refractivity contribution in [3.8, 4) is 0 Å². The smallest absolute Gasteiger partial charge is 0.0406 e. The summed E-state index contributed by atoms with van der Waals surface area (Å²) in [5.41, 5.74) is 1.50. The van der Waals surface area contributed by atoms with Gasteiger partial charge in [0.1, 0.15) is 0 Å². The molecule has 0 amide bonds. The Morgan fingerprint density at radius 2 is 1.24 bits per heavy atom. The largest absolute Gasteiger partial charge is 0.0843 e. The Morgan fingerprint density at radius 3 is 1.80 bits per heavy atom. The summed E-state index contributed by atoms with van der Waals surface area (Å²) < 4.78 is 0. The van der Waals surface area contributed by atoms with Crippen molar-refractivity contribution in [3.63, 3.8) is 0 Å². The van der Waals surface area contributed by atoms with Crippen LogP contribution < -0.4 is 0 Å². The third-order valence-corrected chi connectivity index (χ3v) is 6.41. The van der Waals surface area contributed by atoms with Crippen LogP contribution in [0.3, 0.4) is 0 Å². The minimum atomic E-state index is 0.779. The highest BCUT2D eigenvalue weighted by atomic mass is 35.5. The molecular weight excluding hydrogens is 324 g/mol. The van der Waals surface area contributed by atoms with Gasteiger partial charge in [-0.15, -0.1) is 0 Å². The van der Waals surface area contributed by atoms with Gasteiger partial charge in [-0.1, -0.05) is 101 Å². The summed E-state index contributed by atoms with van der Waals surface area (Å²) >= 11 is 6.00. The van der Waals surface area contributed by atoms with E-state index in [2.05, 4.69) is 19.1 Å². The monoisotopic (exact) mass is 362 g/mol. The predicted molar refractivity (Wildman–Crippen MR) is 113 cm³/mol. The molecule has 25 heavy (non-hydrogen) atoms. The lowest BCUT2D eigenvalue weighted by Crippen LogP contribution is -2.13. The van der Waals surface area contributed by atoms with Gasteiger partial charge >= 0.3 is 0 Å². The van der Waals surface area contributed by atoms with Crippen molar-refractivity contribution in [2.24, 2.45) is 5.92 Å². The van der Waals surface area contributed by atoms with Crippen LogP contribution in [0.2, 0.25) is 5.02 Å². The third kappa shape index (κ3) is 8.63. The Kier molecular flexibility index (Phi) is 10.7. The molecule has 1 heteroatoms. The number of benzene rings is 1. The minimum Gasteiger partial charge on any atom is -0.0843 e. The van der Waals surface area contributed by atoms with Gasteiger partial charge in [-0.05, 0) is 55.2 Å². The molecule has 2 rings (SSSR count). The van der Waals surface area contributed by atoms with Crippen molar-refractivity contribution in [1.29, 1.82) is 0 Å². The molecule has 0 heterocycles. The summed E-state index contributed by atoms with van der Waals surface area (Å²) in [7, 11) is 0. The fraction of sp³-hybridized carbons (Fsp3) is 0.750. The van der Waals surface area contributed by atoms with Crippen molar-refractivity contribution in [1.82, 2.24) is 0 Å². The zero-order valence-corrected chi connectivity index (χ0v) is 17.2. The summed E-state index contributed by atoms with van der Waals surface area (Å²) in [5.74, 6) is 1.78. The van der Waals surface area contributed by atoms with Crippen LogP contribution >= 0.6 is 11.6 Å². The molecule has 0 aliphatic heterocycles. The number of hydrogen-bond acceptors (Lipinski definition) is 0. The normalized spacial score (nSPS) is 20.7. The van der Waals surface area contributed by atoms with Crippen LogP contribution in [0, 0.1) is 5.92 Å². The first-order valence-corrected chi connectivity index (χ1v) is 11.4. The third-order valence-electron chi connectivity index (χ3n) is 6.15. The molecule has 0 bridgehead atoms. The maximum atomic E-state index is 6.00. The fourth-order valence-corrected chi connectivity index (χ4v) is 4.57. The molecule has 0 saturated heterocycles. The molecule has 1 aliphatic rings. The SMILES string of the molecule is CCCCCCCCCCCCC1CCC(c2ccc(Cl)cc2)CC1. The van der Waals surface area contributed by atoms with Crippen LogP contribution in [0.1, 0.15) is 115 Å². The van der Waals surface area contributed by atoms with Crippen molar-refractivity contribution >= 4 is 11.6 Å². The van der Waals surface area contributed by atoms with Crippen LogP contribution in [-0.4, -0.2) is 0 Å². The van der Waals surface area contributed by atoms with E-state index in [1.165, 1.54) is 102 Å². The standard InChI is InChI=1S/C24H39Cl/c1-2-3-4-5-6-7-8-9-10-11-12-21-13-15-22(16-14-21)23-17-19-24(25)20-18-23/h17-22H,2-16H2,1H3.